The quantitative estimate of drug-likeness (QED) is 0.695. The zero-order valence-electron chi connectivity index (χ0n) is 9.65. The summed E-state index contributed by atoms with van der Waals surface area (Å²) in [6.07, 6.45) is 6.12. The third-order valence-electron chi connectivity index (χ3n) is 3.94. The van der Waals surface area contributed by atoms with Gasteiger partial charge in [0.15, 0.2) is 0 Å². The van der Waals surface area contributed by atoms with Crippen molar-refractivity contribution < 1.29 is 4.39 Å². The van der Waals surface area contributed by atoms with Gasteiger partial charge in [-0.15, -0.1) is 0 Å². The van der Waals surface area contributed by atoms with Gasteiger partial charge in [-0.3, -0.25) is 0 Å². The van der Waals surface area contributed by atoms with Crippen LogP contribution in [0, 0.1) is 9.39 Å². The molecule has 2 aliphatic rings. The van der Waals surface area contributed by atoms with Crippen molar-refractivity contribution in [3.8, 4) is 0 Å². The average Bonchev–Trinajstić information content (AvgIpc) is 2.66. The molecule has 1 spiro atoms. The molecule has 17 heavy (non-hydrogen) atoms. The van der Waals surface area contributed by atoms with Gasteiger partial charge in [0, 0.05) is 18.2 Å². The minimum absolute atomic E-state index is 0.131. The molecule has 0 unspecified atom stereocenters. The van der Waals surface area contributed by atoms with Gasteiger partial charge in [-0.05, 0) is 47.9 Å². The molecule has 1 aliphatic carbocycles. The average molecular weight is 346 g/mol. The molecule has 0 radical (unpaired) electrons. The van der Waals surface area contributed by atoms with E-state index in [0.717, 1.165) is 24.3 Å². The van der Waals surface area contributed by atoms with E-state index in [2.05, 4.69) is 10.6 Å². The number of hydrogen-bond acceptors (Lipinski definition) is 2. The van der Waals surface area contributed by atoms with Crippen molar-refractivity contribution in [2.45, 2.75) is 37.6 Å². The topological polar surface area (TPSA) is 24.1 Å². The summed E-state index contributed by atoms with van der Waals surface area (Å²) in [6, 6.07) is 3.53. The minimum atomic E-state index is -0.131. The smallest absolute Gasteiger partial charge is 0.138 e. The number of hydrogen-bond donors (Lipinski definition) is 2. The second-order valence-electron chi connectivity index (χ2n) is 5.10. The molecule has 0 bridgehead atoms. The second kappa shape index (κ2) is 4.30. The Morgan fingerprint density at radius 3 is 2.65 bits per heavy atom. The molecule has 3 rings (SSSR count). The predicted octanol–water partition coefficient (Wildman–Crippen LogP) is 3.97. The first-order valence-electron chi connectivity index (χ1n) is 6.20. The molecule has 1 aliphatic heterocycles. The van der Waals surface area contributed by atoms with Gasteiger partial charge in [0.05, 0.1) is 14.9 Å². The standard InChI is InChI=1S/C13H16FIN2/c14-9-7-12-11(8-10(9)15)16-6-5-13(17-12)3-1-2-4-13/h7-8,16-17H,1-6H2. The van der Waals surface area contributed by atoms with Crippen LogP contribution in [0.3, 0.4) is 0 Å². The number of anilines is 2. The van der Waals surface area contributed by atoms with E-state index < -0.39 is 0 Å². The normalized spacial score (nSPS) is 21.5. The van der Waals surface area contributed by atoms with Crippen LogP contribution >= 0.6 is 22.6 Å². The van der Waals surface area contributed by atoms with Crippen molar-refractivity contribution in [1.29, 1.82) is 0 Å². The van der Waals surface area contributed by atoms with Gasteiger partial charge < -0.3 is 10.6 Å². The first-order chi connectivity index (χ1) is 8.19. The van der Waals surface area contributed by atoms with E-state index in [0.29, 0.717) is 3.57 Å². The summed E-state index contributed by atoms with van der Waals surface area (Å²) in [4.78, 5) is 0. The lowest BCUT2D eigenvalue weighted by molar-refractivity contribution is 0.460. The third-order valence-corrected chi connectivity index (χ3v) is 4.77. The Balaban J connectivity index is 1.98. The summed E-state index contributed by atoms with van der Waals surface area (Å²) in [6.45, 7) is 0.974. The SMILES string of the molecule is Fc1cc2c(cc1I)NCCC1(CCCC1)N2. The highest BCUT2D eigenvalue weighted by molar-refractivity contribution is 14.1. The molecular weight excluding hydrogens is 330 g/mol. The third kappa shape index (κ3) is 2.11. The summed E-state index contributed by atoms with van der Waals surface area (Å²) in [7, 11) is 0. The van der Waals surface area contributed by atoms with Crippen LogP contribution in [0.25, 0.3) is 0 Å². The van der Waals surface area contributed by atoms with E-state index in [-0.39, 0.29) is 11.4 Å². The maximum atomic E-state index is 13.6. The molecule has 1 aromatic rings. The van der Waals surface area contributed by atoms with Crippen LogP contribution in [0.4, 0.5) is 15.8 Å². The molecule has 1 saturated carbocycles. The lowest BCUT2D eigenvalue weighted by Gasteiger charge is -2.29. The molecule has 1 fully saturated rings. The Bertz CT molecular complexity index is 441. The zero-order valence-corrected chi connectivity index (χ0v) is 11.8. The number of halogens is 2. The number of fused-ring (bicyclic) bond motifs is 1. The van der Waals surface area contributed by atoms with Gasteiger partial charge in [-0.2, -0.15) is 0 Å². The fourth-order valence-electron chi connectivity index (χ4n) is 3.01. The number of nitrogens with one attached hydrogen (secondary N) is 2. The van der Waals surface area contributed by atoms with Crippen LogP contribution < -0.4 is 10.6 Å². The lowest BCUT2D eigenvalue weighted by Crippen LogP contribution is -2.35. The van der Waals surface area contributed by atoms with Crippen molar-refractivity contribution in [2.75, 3.05) is 17.2 Å². The molecule has 1 heterocycles. The van der Waals surface area contributed by atoms with E-state index in [1.165, 1.54) is 25.7 Å². The van der Waals surface area contributed by atoms with E-state index in [4.69, 9.17) is 0 Å². The van der Waals surface area contributed by atoms with Gasteiger partial charge in [-0.25, -0.2) is 4.39 Å². The molecule has 2 N–H and O–H groups in total. The Kier molecular flexibility index (Phi) is 2.92. The van der Waals surface area contributed by atoms with Crippen LogP contribution in [0.15, 0.2) is 12.1 Å². The summed E-state index contributed by atoms with van der Waals surface area (Å²) in [5.74, 6) is -0.131. The first-order valence-corrected chi connectivity index (χ1v) is 7.28. The molecular formula is C13H16FIN2. The Hall–Kier alpha value is -0.520. The van der Waals surface area contributed by atoms with E-state index in [9.17, 15) is 4.39 Å². The highest BCUT2D eigenvalue weighted by Gasteiger charge is 2.35. The van der Waals surface area contributed by atoms with Crippen molar-refractivity contribution in [3.05, 3.63) is 21.5 Å². The largest absolute Gasteiger partial charge is 0.383 e. The van der Waals surface area contributed by atoms with Gasteiger partial charge in [0.1, 0.15) is 5.82 Å². The van der Waals surface area contributed by atoms with E-state index in [1.54, 1.807) is 6.07 Å². The molecule has 0 atom stereocenters. The van der Waals surface area contributed by atoms with E-state index >= 15 is 0 Å². The van der Waals surface area contributed by atoms with Crippen LogP contribution in [0.1, 0.15) is 32.1 Å². The molecule has 0 aromatic heterocycles. The molecule has 0 amide bonds. The van der Waals surface area contributed by atoms with Gasteiger partial charge in [0.25, 0.3) is 0 Å². The summed E-state index contributed by atoms with van der Waals surface area (Å²) >= 11 is 2.04. The summed E-state index contributed by atoms with van der Waals surface area (Å²) < 4.78 is 14.3. The highest BCUT2D eigenvalue weighted by Crippen LogP contribution is 2.40. The van der Waals surface area contributed by atoms with Crippen LogP contribution in [-0.2, 0) is 0 Å². The van der Waals surface area contributed by atoms with Gasteiger partial charge in [-0.1, -0.05) is 12.8 Å². The lowest BCUT2D eigenvalue weighted by atomic mass is 9.93. The fourth-order valence-corrected chi connectivity index (χ4v) is 3.48. The van der Waals surface area contributed by atoms with Gasteiger partial charge >= 0.3 is 0 Å². The first kappa shape index (κ1) is 11.6. The minimum Gasteiger partial charge on any atom is -0.383 e. The van der Waals surface area contributed by atoms with Crippen LogP contribution in [-0.4, -0.2) is 12.1 Å². The number of benzene rings is 1. The monoisotopic (exact) mass is 346 g/mol. The molecule has 2 nitrogen and oxygen atoms in total. The molecule has 4 heteroatoms. The zero-order chi connectivity index (χ0) is 11.9. The fraction of sp³-hybridized carbons (Fsp3) is 0.538. The van der Waals surface area contributed by atoms with Crippen molar-refractivity contribution in [2.24, 2.45) is 0 Å². The maximum Gasteiger partial charge on any atom is 0.138 e. The highest BCUT2D eigenvalue weighted by atomic mass is 127. The van der Waals surface area contributed by atoms with Gasteiger partial charge in [0.2, 0.25) is 0 Å². The molecule has 92 valence electrons. The Morgan fingerprint density at radius 1 is 1.12 bits per heavy atom. The summed E-state index contributed by atoms with van der Waals surface area (Å²) in [5, 5.41) is 7.01. The van der Waals surface area contributed by atoms with Crippen LogP contribution in [0.2, 0.25) is 0 Å². The Morgan fingerprint density at radius 2 is 1.88 bits per heavy atom. The van der Waals surface area contributed by atoms with Crippen molar-refractivity contribution >= 4 is 34.0 Å². The van der Waals surface area contributed by atoms with Crippen molar-refractivity contribution in [3.63, 3.8) is 0 Å². The summed E-state index contributed by atoms with van der Waals surface area (Å²) in [5.41, 5.74) is 2.18. The molecule has 1 aromatic carbocycles. The Labute approximate surface area is 115 Å². The van der Waals surface area contributed by atoms with Crippen LogP contribution in [0.5, 0.6) is 0 Å². The van der Waals surface area contributed by atoms with Crippen molar-refractivity contribution in [1.82, 2.24) is 0 Å². The second-order valence-corrected chi connectivity index (χ2v) is 6.26. The molecule has 0 saturated heterocycles. The predicted molar refractivity (Wildman–Crippen MR) is 77.0 cm³/mol. The van der Waals surface area contributed by atoms with E-state index in [1.807, 2.05) is 28.7 Å². The number of rotatable bonds is 0. The maximum absolute atomic E-state index is 13.6.